The first-order valence-corrected chi connectivity index (χ1v) is 11.6. The van der Waals surface area contributed by atoms with Gasteiger partial charge in [-0.3, -0.25) is 0 Å². The van der Waals surface area contributed by atoms with E-state index in [9.17, 15) is 4.79 Å². The maximum Gasteiger partial charge on any atom is 0.320 e. The van der Waals surface area contributed by atoms with Gasteiger partial charge in [-0.25, -0.2) is 4.79 Å². The number of benzene rings is 1. The second kappa shape index (κ2) is 8.02. The molecule has 0 spiro atoms. The minimum absolute atomic E-state index is 0.0477. The van der Waals surface area contributed by atoms with Crippen LogP contribution < -0.4 is 0 Å². The number of hydrogen-bond acceptors (Lipinski definition) is 3. The summed E-state index contributed by atoms with van der Waals surface area (Å²) in [4.78, 5) is 13.5. The molecule has 0 aromatic heterocycles. The second-order valence-corrected chi connectivity index (χ2v) is 12.9. The van der Waals surface area contributed by atoms with Gasteiger partial charge in [0.2, 0.25) is 0 Å². The van der Waals surface area contributed by atoms with Crippen LogP contribution in [-0.4, -0.2) is 20.0 Å². The Morgan fingerprint density at radius 3 is 2.36 bits per heavy atom. The second-order valence-electron chi connectivity index (χ2n) is 6.99. The van der Waals surface area contributed by atoms with Crippen molar-refractivity contribution in [2.24, 2.45) is 0 Å². The Morgan fingerprint density at radius 1 is 1.23 bits per heavy atom. The van der Waals surface area contributed by atoms with Gasteiger partial charge in [0.1, 0.15) is 0 Å². The molecule has 0 radical (unpaired) electrons. The fraction of sp³-hybridized carbons (Fsp3) is 0.500. The Balaban J connectivity index is 2.46. The van der Waals surface area contributed by atoms with Crippen molar-refractivity contribution in [3.05, 3.63) is 42.0 Å². The third kappa shape index (κ3) is 6.01. The normalized spacial score (nSPS) is 13.1. The van der Waals surface area contributed by atoms with Crippen molar-refractivity contribution < 1.29 is 9.22 Å². The monoisotopic (exact) mass is 336 g/mol. The van der Waals surface area contributed by atoms with Crippen LogP contribution in [0.5, 0.6) is 0 Å². The lowest BCUT2D eigenvalue weighted by atomic mass is 10.2. The summed E-state index contributed by atoms with van der Waals surface area (Å²) in [5.41, 5.74) is 0.721. The first kappa shape index (κ1) is 19.0. The molecule has 0 fully saturated rings. The van der Waals surface area contributed by atoms with Crippen LogP contribution in [0.2, 0.25) is 18.1 Å². The highest BCUT2D eigenvalue weighted by molar-refractivity contribution is 7.99. The molecule has 0 amide bonds. The van der Waals surface area contributed by atoms with E-state index in [4.69, 9.17) is 4.43 Å². The van der Waals surface area contributed by atoms with Crippen LogP contribution in [0.1, 0.15) is 34.1 Å². The van der Waals surface area contributed by atoms with E-state index < -0.39 is 8.32 Å². The molecule has 1 aromatic carbocycles. The maximum absolute atomic E-state index is 12.2. The molecule has 0 saturated heterocycles. The van der Waals surface area contributed by atoms with Crippen molar-refractivity contribution in [3.8, 4) is 0 Å². The predicted octanol–water partition coefficient (Wildman–Crippen LogP) is 5.66. The first-order valence-electron chi connectivity index (χ1n) is 7.71. The summed E-state index contributed by atoms with van der Waals surface area (Å²) in [7, 11) is -2.03. The average molecular weight is 337 g/mol. The van der Waals surface area contributed by atoms with Crippen molar-refractivity contribution in [2.75, 3.05) is 5.75 Å². The molecular weight excluding hydrogens is 308 g/mol. The molecule has 0 heterocycles. The molecule has 1 aromatic rings. The smallest absolute Gasteiger partial charge is 0.320 e. The summed E-state index contributed by atoms with van der Waals surface area (Å²) in [5, 5.41) is 0.0477. The van der Waals surface area contributed by atoms with Crippen LogP contribution in [0, 0.1) is 0 Å². The lowest BCUT2D eigenvalue weighted by molar-refractivity contribution is -0.131. The number of carbonyl (C=O) groups is 1. The number of rotatable bonds is 6. The van der Waals surface area contributed by atoms with E-state index >= 15 is 0 Å². The van der Waals surface area contributed by atoms with Crippen molar-refractivity contribution in [1.82, 2.24) is 0 Å². The van der Waals surface area contributed by atoms with Gasteiger partial charge in [0.15, 0.2) is 0 Å². The van der Waals surface area contributed by atoms with Gasteiger partial charge in [-0.2, -0.15) is 0 Å². The van der Waals surface area contributed by atoms with E-state index in [0.717, 1.165) is 17.7 Å². The van der Waals surface area contributed by atoms with Crippen LogP contribution in [-0.2, 0) is 9.22 Å². The molecule has 4 heteroatoms. The lowest BCUT2D eigenvalue weighted by Crippen LogP contribution is -2.42. The van der Waals surface area contributed by atoms with Crippen LogP contribution in [0.4, 0.5) is 0 Å². The zero-order chi connectivity index (χ0) is 16.8. The highest BCUT2D eigenvalue weighted by Crippen LogP contribution is 2.37. The third-order valence-corrected chi connectivity index (χ3v) is 9.41. The quantitative estimate of drug-likeness (QED) is 0.290. The van der Waals surface area contributed by atoms with Crippen molar-refractivity contribution in [2.45, 2.75) is 57.1 Å². The van der Waals surface area contributed by atoms with Crippen LogP contribution in [0.3, 0.4) is 0 Å². The zero-order valence-corrected chi connectivity index (χ0v) is 16.4. The van der Waals surface area contributed by atoms with Gasteiger partial charge in [0.25, 0.3) is 8.32 Å². The molecule has 0 N–H and O–H groups in total. The third-order valence-electron chi connectivity index (χ3n) is 4.06. The molecule has 2 nitrogen and oxygen atoms in total. The molecule has 122 valence electrons. The molecular formula is C18H28O2SSi. The largest absolute Gasteiger partial charge is 0.516 e. The van der Waals surface area contributed by atoms with E-state index in [0.29, 0.717) is 0 Å². The minimum atomic E-state index is -2.03. The van der Waals surface area contributed by atoms with Crippen molar-refractivity contribution >= 4 is 26.0 Å². The number of carbonyl (C=O) groups excluding carboxylic acids is 1. The predicted molar refractivity (Wildman–Crippen MR) is 98.8 cm³/mol. The van der Waals surface area contributed by atoms with Crippen LogP contribution in [0.15, 0.2) is 46.9 Å². The summed E-state index contributed by atoms with van der Waals surface area (Å²) in [6, 6.07) is 10.3. The average Bonchev–Trinajstić information content (AvgIpc) is 2.42. The van der Waals surface area contributed by atoms with E-state index in [-0.39, 0.29) is 11.0 Å². The van der Waals surface area contributed by atoms with Crippen LogP contribution >= 0.6 is 11.8 Å². The molecule has 0 aliphatic heterocycles. The van der Waals surface area contributed by atoms with Crippen molar-refractivity contribution in [1.29, 1.82) is 0 Å². The summed E-state index contributed by atoms with van der Waals surface area (Å²) in [6.07, 6.45) is 2.86. The van der Waals surface area contributed by atoms with Gasteiger partial charge >= 0.3 is 5.97 Å². The van der Waals surface area contributed by atoms with Gasteiger partial charge in [-0.1, -0.05) is 45.0 Å². The van der Waals surface area contributed by atoms with Crippen LogP contribution in [0.25, 0.3) is 0 Å². The van der Waals surface area contributed by atoms with E-state index in [1.807, 2.05) is 31.2 Å². The van der Waals surface area contributed by atoms with Gasteiger partial charge < -0.3 is 4.43 Å². The molecule has 0 aliphatic carbocycles. The Labute approximate surface area is 140 Å². The molecule has 0 unspecified atom stereocenters. The molecule has 22 heavy (non-hydrogen) atoms. The molecule has 0 aliphatic rings. The summed E-state index contributed by atoms with van der Waals surface area (Å²) in [6.45, 7) is 12.5. The van der Waals surface area contributed by atoms with E-state index in [2.05, 4.69) is 46.0 Å². The standard InChI is InChI=1S/C18H28O2SSi/c1-15(17(19)20-22(5,6)18(2,3)4)11-10-14-21-16-12-8-7-9-13-16/h7-9,11-13H,10,14H2,1-6H3/b15-11+. The fourth-order valence-electron chi connectivity index (χ4n) is 1.52. The fourth-order valence-corrected chi connectivity index (χ4v) is 3.27. The molecule has 1 rings (SSSR count). The highest BCUT2D eigenvalue weighted by Gasteiger charge is 2.40. The first-order chi connectivity index (χ1) is 10.1. The summed E-state index contributed by atoms with van der Waals surface area (Å²) < 4.78 is 5.80. The summed E-state index contributed by atoms with van der Waals surface area (Å²) >= 11 is 1.80. The van der Waals surface area contributed by atoms with Gasteiger partial charge in [0.05, 0.1) is 0 Å². The highest BCUT2D eigenvalue weighted by atomic mass is 32.2. The Hall–Kier alpha value is -1.00. The maximum atomic E-state index is 12.2. The van der Waals surface area contributed by atoms with E-state index in [1.54, 1.807) is 11.8 Å². The topological polar surface area (TPSA) is 26.3 Å². The molecule has 0 saturated carbocycles. The number of thioether (sulfide) groups is 1. The number of hydrogen-bond donors (Lipinski definition) is 0. The van der Waals surface area contributed by atoms with Gasteiger partial charge in [0, 0.05) is 16.2 Å². The Bertz CT molecular complexity index is 516. The van der Waals surface area contributed by atoms with Gasteiger partial charge in [-0.15, -0.1) is 11.8 Å². The minimum Gasteiger partial charge on any atom is -0.516 e. The van der Waals surface area contributed by atoms with Gasteiger partial charge in [-0.05, 0) is 43.6 Å². The summed E-state index contributed by atoms with van der Waals surface area (Å²) in [5.74, 6) is 0.811. The lowest BCUT2D eigenvalue weighted by Gasteiger charge is -2.35. The van der Waals surface area contributed by atoms with Crippen molar-refractivity contribution in [3.63, 3.8) is 0 Å². The SMILES string of the molecule is C/C(=C\CCSc1ccccc1)C(=O)O[Si](C)(C)C(C)(C)C. The molecule has 0 atom stereocenters. The molecule has 0 bridgehead atoms. The number of allylic oxidation sites excluding steroid dienone is 1. The van der Waals surface area contributed by atoms with E-state index in [1.165, 1.54) is 4.90 Å². The zero-order valence-electron chi connectivity index (χ0n) is 14.6. The Kier molecular flexibility index (Phi) is 6.94. The Morgan fingerprint density at radius 2 is 1.82 bits per heavy atom.